The molecule has 1 aliphatic heterocycles. The van der Waals surface area contributed by atoms with E-state index >= 15 is 0 Å². The third-order valence-electron chi connectivity index (χ3n) is 3.45. The van der Waals surface area contributed by atoms with Gasteiger partial charge in [0.15, 0.2) is 5.82 Å². The van der Waals surface area contributed by atoms with Crippen molar-refractivity contribution in [2.75, 3.05) is 38.1 Å². The highest BCUT2D eigenvalue weighted by atomic mass is 15.3. The first kappa shape index (κ1) is 12.0. The van der Waals surface area contributed by atoms with Gasteiger partial charge in [-0.2, -0.15) is 0 Å². The topological polar surface area (TPSA) is 45.2 Å². The van der Waals surface area contributed by atoms with E-state index in [-0.39, 0.29) is 0 Å². The fraction of sp³-hybridized carbons (Fsp3) is 0.357. The van der Waals surface area contributed by atoms with Gasteiger partial charge in [0.05, 0.1) is 0 Å². The number of aromatic nitrogens is 3. The summed E-state index contributed by atoms with van der Waals surface area (Å²) in [5.41, 5.74) is 1.93. The molecule has 0 spiro atoms. The van der Waals surface area contributed by atoms with Crippen molar-refractivity contribution >= 4 is 5.82 Å². The van der Waals surface area contributed by atoms with Gasteiger partial charge in [-0.3, -0.25) is 0 Å². The van der Waals surface area contributed by atoms with Crippen LogP contribution in [0, 0.1) is 0 Å². The molecule has 0 bridgehead atoms. The molecule has 0 N–H and O–H groups in total. The zero-order valence-electron chi connectivity index (χ0n) is 11.0. The minimum absolute atomic E-state index is 0.868. The van der Waals surface area contributed by atoms with Crippen molar-refractivity contribution in [2.24, 2.45) is 0 Å². The van der Waals surface area contributed by atoms with Crippen molar-refractivity contribution in [2.45, 2.75) is 0 Å². The molecule has 0 atom stereocenters. The molecule has 1 aromatic carbocycles. The summed E-state index contributed by atoms with van der Waals surface area (Å²) in [7, 11) is 2.15. The highest BCUT2D eigenvalue weighted by molar-refractivity contribution is 5.71. The number of benzene rings is 1. The molecule has 1 saturated heterocycles. The van der Waals surface area contributed by atoms with E-state index in [4.69, 9.17) is 0 Å². The van der Waals surface area contributed by atoms with Crippen molar-refractivity contribution in [3.63, 3.8) is 0 Å². The number of likely N-dealkylation sites (N-methyl/N-ethyl adjacent to an activating group) is 1. The molecular formula is C14H17N5. The quantitative estimate of drug-likeness (QED) is 0.809. The summed E-state index contributed by atoms with van der Waals surface area (Å²) in [6.07, 6.45) is 1.53. The largest absolute Gasteiger partial charge is 0.352 e. The van der Waals surface area contributed by atoms with Crippen LogP contribution < -0.4 is 4.90 Å². The second kappa shape index (κ2) is 5.32. The zero-order valence-corrected chi connectivity index (χ0v) is 11.0. The maximum atomic E-state index is 4.44. The molecule has 5 nitrogen and oxygen atoms in total. The minimum atomic E-state index is 0.868. The third kappa shape index (κ3) is 2.56. The molecule has 0 amide bonds. The van der Waals surface area contributed by atoms with E-state index in [0.29, 0.717) is 0 Å². The molecule has 2 heterocycles. The Labute approximate surface area is 112 Å². The molecule has 0 unspecified atom stereocenters. The normalized spacial score (nSPS) is 16.6. The Morgan fingerprint density at radius 3 is 2.47 bits per heavy atom. The summed E-state index contributed by atoms with van der Waals surface area (Å²) in [5, 5.41) is 8.21. The molecule has 2 aromatic rings. The Morgan fingerprint density at radius 1 is 1.00 bits per heavy atom. The van der Waals surface area contributed by atoms with E-state index in [9.17, 15) is 0 Å². The monoisotopic (exact) mass is 255 g/mol. The van der Waals surface area contributed by atoms with Crippen molar-refractivity contribution in [1.29, 1.82) is 0 Å². The number of hydrogen-bond donors (Lipinski definition) is 0. The lowest BCUT2D eigenvalue weighted by Gasteiger charge is -2.33. The average Bonchev–Trinajstić information content (AvgIpc) is 2.49. The van der Waals surface area contributed by atoms with Gasteiger partial charge in [0.25, 0.3) is 0 Å². The van der Waals surface area contributed by atoms with Crippen LogP contribution in [-0.2, 0) is 0 Å². The van der Waals surface area contributed by atoms with Gasteiger partial charge in [0, 0.05) is 31.7 Å². The molecule has 19 heavy (non-hydrogen) atoms. The predicted molar refractivity (Wildman–Crippen MR) is 75.0 cm³/mol. The molecule has 0 saturated carbocycles. The first-order chi connectivity index (χ1) is 9.34. The zero-order chi connectivity index (χ0) is 13.1. The highest BCUT2D eigenvalue weighted by Crippen LogP contribution is 2.26. The summed E-state index contributed by atoms with van der Waals surface area (Å²) in [6.45, 7) is 4.07. The van der Waals surface area contributed by atoms with Crippen LogP contribution in [0.5, 0.6) is 0 Å². The molecule has 0 radical (unpaired) electrons. The van der Waals surface area contributed by atoms with Gasteiger partial charge in [0.2, 0.25) is 0 Å². The van der Waals surface area contributed by atoms with Gasteiger partial charge in [0.1, 0.15) is 12.0 Å². The lowest BCUT2D eigenvalue weighted by Crippen LogP contribution is -2.45. The number of nitrogens with zero attached hydrogens (tertiary/aromatic N) is 5. The second-order valence-electron chi connectivity index (χ2n) is 4.79. The van der Waals surface area contributed by atoms with Crippen LogP contribution >= 0.6 is 0 Å². The van der Waals surface area contributed by atoms with Crippen molar-refractivity contribution < 1.29 is 0 Å². The van der Waals surface area contributed by atoms with Crippen LogP contribution in [0.4, 0.5) is 5.82 Å². The molecule has 3 rings (SSSR count). The summed E-state index contributed by atoms with van der Waals surface area (Å²) < 4.78 is 0. The van der Waals surface area contributed by atoms with Gasteiger partial charge >= 0.3 is 0 Å². The number of anilines is 1. The molecule has 0 aliphatic carbocycles. The van der Waals surface area contributed by atoms with Crippen LogP contribution in [-0.4, -0.2) is 53.3 Å². The highest BCUT2D eigenvalue weighted by Gasteiger charge is 2.19. The minimum Gasteiger partial charge on any atom is -0.352 e. The lowest BCUT2D eigenvalue weighted by atomic mass is 10.1. The van der Waals surface area contributed by atoms with Crippen molar-refractivity contribution in [3.8, 4) is 11.3 Å². The summed E-state index contributed by atoms with van der Waals surface area (Å²) in [5.74, 6) is 0.939. The Bertz CT molecular complexity index is 535. The van der Waals surface area contributed by atoms with Gasteiger partial charge in [-0.1, -0.05) is 30.3 Å². The fourth-order valence-electron chi connectivity index (χ4n) is 2.30. The number of piperazine rings is 1. The molecular weight excluding hydrogens is 238 g/mol. The third-order valence-corrected chi connectivity index (χ3v) is 3.45. The molecule has 98 valence electrons. The van der Waals surface area contributed by atoms with E-state index in [2.05, 4.69) is 32.0 Å². The summed E-state index contributed by atoms with van der Waals surface area (Å²) in [6, 6.07) is 10.1. The predicted octanol–water partition coefficient (Wildman–Crippen LogP) is 1.29. The van der Waals surface area contributed by atoms with Gasteiger partial charge in [-0.05, 0) is 7.05 Å². The smallest absolute Gasteiger partial charge is 0.159 e. The van der Waals surface area contributed by atoms with Crippen LogP contribution in [0.15, 0.2) is 36.7 Å². The summed E-state index contributed by atoms with van der Waals surface area (Å²) >= 11 is 0. The van der Waals surface area contributed by atoms with E-state index in [1.54, 1.807) is 0 Å². The molecule has 1 fully saturated rings. The van der Waals surface area contributed by atoms with Crippen molar-refractivity contribution in [1.82, 2.24) is 20.1 Å². The van der Waals surface area contributed by atoms with Gasteiger partial charge < -0.3 is 9.80 Å². The Balaban J connectivity index is 1.94. The van der Waals surface area contributed by atoms with Crippen LogP contribution in [0.3, 0.4) is 0 Å². The Morgan fingerprint density at radius 2 is 1.74 bits per heavy atom. The summed E-state index contributed by atoms with van der Waals surface area (Å²) in [4.78, 5) is 9.05. The van der Waals surface area contributed by atoms with Crippen LogP contribution in [0.2, 0.25) is 0 Å². The van der Waals surface area contributed by atoms with Crippen LogP contribution in [0.1, 0.15) is 0 Å². The van der Waals surface area contributed by atoms with E-state index in [0.717, 1.165) is 43.3 Å². The second-order valence-corrected chi connectivity index (χ2v) is 4.79. The number of rotatable bonds is 2. The SMILES string of the molecule is CN1CCN(c2ncnnc2-c2ccccc2)CC1. The standard InChI is InChI=1S/C14H17N5/c1-18-7-9-19(10-8-18)14-13(17-16-11-15-14)12-5-3-2-4-6-12/h2-6,11H,7-10H2,1H3. The van der Waals surface area contributed by atoms with Gasteiger partial charge in [-0.15, -0.1) is 10.2 Å². The van der Waals surface area contributed by atoms with E-state index in [1.165, 1.54) is 6.33 Å². The Hall–Kier alpha value is -2.01. The number of hydrogen-bond acceptors (Lipinski definition) is 5. The van der Waals surface area contributed by atoms with Gasteiger partial charge in [-0.25, -0.2) is 4.98 Å². The van der Waals surface area contributed by atoms with Crippen molar-refractivity contribution in [3.05, 3.63) is 36.7 Å². The maximum Gasteiger partial charge on any atom is 0.159 e. The average molecular weight is 255 g/mol. The first-order valence-electron chi connectivity index (χ1n) is 6.51. The van der Waals surface area contributed by atoms with Crippen LogP contribution in [0.25, 0.3) is 11.3 Å². The fourth-order valence-corrected chi connectivity index (χ4v) is 2.30. The van der Waals surface area contributed by atoms with E-state index in [1.807, 2.05) is 30.3 Å². The lowest BCUT2D eigenvalue weighted by molar-refractivity contribution is 0.312. The maximum absolute atomic E-state index is 4.44. The molecule has 1 aromatic heterocycles. The Kier molecular flexibility index (Phi) is 3.37. The van der Waals surface area contributed by atoms with E-state index < -0.39 is 0 Å². The molecule has 1 aliphatic rings. The molecule has 5 heteroatoms. The first-order valence-corrected chi connectivity index (χ1v) is 6.51.